The summed E-state index contributed by atoms with van der Waals surface area (Å²) in [6, 6.07) is 43.3. The van der Waals surface area contributed by atoms with Crippen LogP contribution in [0.15, 0.2) is 150 Å². The molecule has 0 unspecified atom stereocenters. The van der Waals surface area contributed by atoms with Crippen LogP contribution in [0.25, 0.3) is 78.1 Å². The average Bonchev–Trinajstić information content (AvgIpc) is 3.47. The summed E-state index contributed by atoms with van der Waals surface area (Å²) in [4.78, 5) is 14.1. The fourth-order valence-electron chi connectivity index (χ4n) is 5.58. The molecule has 0 saturated heterocycles. The summed E-state index contributed by atoms with van der Waals surface area (Å²) >= 11 is 0. The molecule has 0 aliphatic carbocycles. The molecule has 0 spiro atoms. The largest absolute Gasteiger partial charge is 0.456 e. The minimum atomic E-state index is -0.286. The average molecular weight is 570 g/mol. The van der Waals surface area contributed by atoms with Gasteiger partial charge in [0.15, 0.2) is 5.82 Å². The summed E-state index contributed by atoms with van der Waals surface area (Å²) < 4.78 is 19.8. The van der Waals surface area contributed by atoms with Gasteiger partial charge in [0.1, 0.15) is 17.0 Å². The van der Waals surface area contributed by atoms with E-state index in [9.17, 15) is 4.39 Å². The Kier molecular flexibility index (Phi) is 6.27. The predicted octanol–water partition coefficient (Wildman–Crippen LogP) is 10.2. The Morgan fingerprint density at radius 3 is 1.75 bits per heavy atom. The Morgan fingerprint density at radius 1 is 0.455 bits per heavy atom. The zero-order valence-electron chi connectivity index (χ0n) is 23.5. The Hall–Kier alpha value is -5.94. The van der Waals surface area contributed by atoms with Gasteiger partial charge in [0.05, 0.1) is 11.4 Å². The van der Waals surface area contributed by atoms with Crippen LogP contribution in [-0.4, -0.2) is 15.0 Å². The summed E-state index contributed by atoms with van der Waals surface area (Å²) in [5.41, 5.74) is 10.3. The summed E-state index contributed by atoms with van der Waals surface area (Å²) in [7, 11) is 0. The van der Waals surface area contributed by atoms with Crippen LogP contribution >= 0.6 is 0 Å². The first-order valence-electron chi connectivity index (χ1n) is 14.4. The highest BCUT2D eigenvalue weighted by Crippen LogP contribution is 2.34. The number of nitrogens with zero attached hydrogens (tertiary/aromatic N) is 3. The second-order valence-corrected chi connectivity index (χ2v) is 10.7. The van der Waals surface area contributed by atoms with E-state index < -0.39 is 0 Å². The molecule has 5 aromatic carbocycles. The highest BCUT2D eigenvalue weighted by atomic mass is 19.1. The van der Waals surface area contributed by atoms with Gasteiger partial charge in [0.25, 0.3) is 0 Å². The van der Waals surface area contributed by atoms with Crippen molar-refractivity contribution >= 4 is 21.9 Å². The molecule has 0 N–H and O–H groups in total. The molecular formula is C39H24FN3O. The number of fused-ring (bicyclic) bond motifs is 3. The molecule has 5 heteroatoms. The van der Waals surface area contributed by atoms with Crippen LogP contribution in [0.2, 0.25) is 0 Å². The SMILES string of the molecule is Fc1ccc(-c2cc(-c3ccc(-c4ccc5oc6ccccc6c5c4)cc3)nc(-c3ccc(-c4cccnc4)cc3)n2)cc1. The Balaban J connectivity index is 1.18. The Morgan fingerprint density at radius 2 is 1.05 bits per heavy atom. The fraction of sp³-hybridized carbons (Fsp3) is 0. The van der Waals surface area contributed by atoms with E-state index in [0.717, 1.165) is 72.3 Å². The minimum absolute atomic E-state index is 0.286. The molecule has 0 bridgehead atoms. The van der Waals surface area contributed by atoms with Crippen LogP contribution in [0.1, 0.15) is 0 Å². The van der Waals surface area contributed by atoms with Crippen molar-refractivity contribution in [3.05, 3.63) is 152 Å². The first-order valence-corrected chi connectivity index (χ1v) is 14.4. The smallest absolute Gasteiger partial charge is 0.160 e. The van der Waals surface area contributed by atoms with Crippen molar-refractivity contribution in [1.29, 1.82) is 0 Å². The van der Waals surface area contributed by atoms with E-state index in [2.05, 4.69) is 59.6 Å². The first-order chi connectivity index (χ1) is 21.7. The van der Waals surface area contributed by atoms with Gasteiger partial charge in [-0.15, -0.1) is 0 Å². The number of rotatable bonds is 5. The van der Waals surface area contributed by atoms with Crippen LogP contribution in [0.4, 0.5) is 4.39 Å². The Bertz CT molecular complexity index is 2260. The molecule has 208 valence electrons. The van der Waals surface area contributed by atoms with Crippen LogP contribution in [0.3, 0.4) is 0 Å². The number of benzene rings is 5. The Labute approximate surface area is 253 Å². The molecule has 3 heterocycles. The van der Waals surface area contributed by atoms with Crippen LogP contribution in [0.5, 0.6) is 0 Å². The van der Waals surface area contributed by atoms with Crippen molar-refractivity contribution in [2.45, 2.75) is 0 Å². The quantitative estimate of drug-likeness (QED) is 0.207. The molecule has 44 heavy (non-hydrogen) atoms. The number of para-hydroxylation sites is 1. The van der Waals surface area contributed by atoms with Crippen molar-refractivity contribution in [1.82, 2.24) is 15.0 Å². The van der Waals surface area contributed by atoms with Gasteiger partial charge in [-0.05, 0) is 76.9 Å². The van der Waals surface area contributed by atoms with Crippen LogP contribution in [-0.2, 0) is 0 Å². The molecule has 0 atom stereocenters. The predicted molar refractivity (Wildman–Crippen MR) is 174 cm³/mol. The van der Waals surface area contributed by atoms with E-state index in [1.54, 1.807) is 18.3 Å². The highest BCUT2D eigenvalue weighted by molar-refractivity contribution is 6.06. The van der Waals surface area contributed by atoms with E-state index in [-0.39, 0.29) is 5.82 Å². The van der Waals surface area contributed by atoms with Gasteiger partial charge in [0, 0.05) is 39.9 Å². The van der Waals surface area contributed by atoms with E-state index in [1.807, 2.05) is 60.8 Å². The first kappa shape index (κ1) is 25.7. The number of hydrogen-bond donors (Lipinski definition) is 0. The molecule has 0 radical (unpaired) electrons. The molecule has 0 aliphatic rings. The van der Waals surface area contributed by atoms with Crippen LogP contribution < -0.4 is 0 Å². The number of hydrogen-bond acceptors (Lipinski definition) is 4. The number of furan rings is 1. The summed E-state index contributed by atoms with van der Waals surface area (Å²) in [5.74, 6) is 0.312. The number of halogens is 1. The lowest BCUT2D eigenvalue weighted by molar-refractivity contribution is 0.628. The lowest BCUT2D eigenvalue weighted by Gasteiger charge is -2.11. The van der Waals surface area contributed by atoms with E-state index in [4.69, 9.17) is 14.4 Å². The third-order valence-corrected chi connectivity index (χ3v) is 7.89. The lowest BCUT2D eigenvalue weighted by atomic mass is 10.00. The highest BCUT2D eigenvalue weighted by Gasteiger charge is 2.13. The van der Waals surface area contributed by atoms with Crippen LogP contribution in [0, 0.1) is 5.82 Å². The lowest BCUT2D eigenvalue weighted by Crippen LogP contribution is -1.96. The van der Waals surface area contributed by atoms with E-state index >= 15 is 0 Å². The molecule has 0 amide bonds. The maximum Gasteiger partial charge on any atom is 0.160 e. The van der Waals surface area contributed by atoms with Gasteiger partial charge < -0.3 is 4.42 Å². The third-order valence-electron chi connectivity index (χ3n) is 7.89. The van der Waals surface area contributed by atoms with Crippen molar-refractivity contribution < 1.29 is 8.81 Å². The monoisotopic (exact) mass is 569 g/mol. The van der Waals surface area contributed by atoms with Gasteiger partial charge in [-0.25, -0.2) is 14.4 Å². The van der Waals surface area contributed by atoms with Crippen molar-refractivity contribution in [2.75, 3.05) is 0 Å². The van der Waals surface area contributed by atoms with Crippen molar-refractivity contribution in [3.8, 4) is 56.2 Å². The second-order valence-electron chi connectivity index (χ2n) is 10.7. The summed E-state index contributed by atoms with van der Waals surface area (Å²) in [5, 5.41) is 2.21. The molecular weight excluding hydrogens is 545 g/mol. The normalized spacial score (nSPS) is 11.3. The van der Waals surface area contributed by atoms with Gasteiger partial charge in [0.2, 0.25) is 0 Å². The molecule has 0 fully saturated rings. The molecule has 8 rings (SSSR count). The van der Waals surface area contributed by atoms with Gasteiger partial charge in [-0.1, -0.05) is 78.9 Å². The van der Waals surface area contributed by atoms with Gasteiger partial charge in [-0.3, -0.25) is 4.98 Å². The molecule has 3 aromatic heterocycles. The summed E-state index contributed by atoms with van der Waals surface area (Å²) in [6.45, 7) is 0. The van der Waals surface area contributed by atoms with Gasteiger partial charge in [-0.2, -0.15) is 0 Å². The zero-order valence-corrected chi connectivity index (χ0v) is 23.5. The van der Waals surface area contributed by atoms with E-state index in [1.165, 1.54) is 12.1 Å². The van der Waals surface area contributed by atoms with E-state index in [0.29, 0.717) is 5.82 Å². The standard InChI is InChI=1S/C39H24FN3O/c40-32-18-15-28(16-19-32)36-23-35(42-39(43-36)29-13-9-26(10-14-29)31-4-3-21-41-24-31)27-11-7-25(8-12-27)30-17-20-38-34(22-30)33-5-1-2-6-37(33)44-38/h1-24H. The topological polar surface area (TPSA) is 51.8 Å². The molecule has 8 aromatic rings. The number of aromatic nitrogens is 3. The second kappa shape index (κ2) is 10.7. The molecule has 0 aliphatic heterocycles. The maximum absolute atomic E-state index is 13.7. The zero-order chi connectivity index (χ0) is 29.5. The van der Waals surface area contributed by atoms with Gasteiger partial charge >= 0.3 is 0 Å². The van der Waals surface area contributed by atoms with Crippen molar-refractivity contribution in [2.24, 2.45) is 0 Å². The third kappa shape index (κ3) is 4.80. The molecule has 4 nitrogen and oxygen atoms in total. The minimum Gasteiger partial charge on any atom is -0.456 e. The maximum atomic E-state index is 13.7. The molecule has 0 saturated carbocycles. The summed E-state index contributed by atoms with van der Waals surface area (Å²) in [6.07, 6.45) is 3.61. The fourth-order valence-corrected chi connectivity index (χ4v) is 5.58. The number of pyridine rings is 1. The van der Waals surface area contributed by atoms with Crippen molar-refractivity contribution in [3.63, 3.8) is 0 Å².